The van der Waals surface area contributed by atoms with Crippen molar-refractivity contribution in [2.24, 2.45) is 0 Å². The normalized spacial score (nSPS) is 10.3. The Balaban J connectivity index is 2.08. The zero-order valence-corrected chi connectivity index (χ0v) is 15.7. The fourth-order valence-corrected chi connectivity index (χ4v) is 3.19. The second-order valence-electron chi connectivity index (χ2n) is 5.55. The number of amides is 2. The number of nitrogens with one attached hydrogen (secondary N) is 1. The highest BCUT2D eigenvalue weighted by Crippen LogP contribution is 2.28. The Hall–Kier alpha value is -2.61. The first-order valence-corrected chi connectivity index (χ1v) is 8.37. The minimum absolute atomic E-state index is 0.129. The van der Waals surface area contributed by atoms with Crippen molar-refractivity contribution in [3.05, 3.63) is 34.3 Å². The number of nitrogens with zero attached hydrogens (tertiary/aromatic N) is 2. The van der Waals surface area contributed by atoms with Crippen molar-refractivity contribution in [2.45, 2.75) is 13.3 Å². The predicted molar refractivity (Wildman–Crippen MR) is 96.7 cm³/mol. The summed E-state index contributed by atoms with van der Waals surface area (Å²) in [6.45, 7) is 1.75. The molecule has 1 aromatic heterocycles. The molecule has 0 fully saturated rings. The summed E-state index contributed by atoms with van der Waals surface area (Å²) in [7, 11) is 6.46. The van der Waals surface area contributed by atoms with Gasteiger partial charge in [-0.3, -0.25) is 9.59 Å². The molecule has 0 atom stereocenters. The number of carbonyl (C=O) groups excluding carboxylic acids is 2. The molecule has 1 aromatic carbocycles. The molecule has 0 aliphatic heterocycles. The first-order chi connectivity index (χ1) is 11.8. The monoisotopic (exact) mass is 363 g/mol. The largest absolute Gasteiger partial charge is 0.493 e. The number of hydrogen-bond acceptors (Lipinski definition) is 6. The number of thiazole rings is 1. The zero-order valence-electron chi connectivity index (χ0n) is 14.9. The van der Waals surface area contributed by atoms with Crippen LogP contribution in [0.4, 0.5) is 5.13 Å². The molecule has 1 heterocycles. The molecule has 8 heteroatoms. The maximum Gasteiger partial charge on any atom is 0.265 e. The number of aromatic nitrogens is 1. The highest BCUT2D eigenvalue weighted by Gasteiger charge is 2.18. The fraction of sp³-hybridized carbons (Fsp3) is 0.353. The van der Waals surface area contributed by atoms with E-state index in [9.17, 15) is 9.59 Å². The van der Waals surface area contributed by atoms with E-state index in [1.807, 2.05) is 0 Å². The average molecular weight is 363 g/mol. The van der Waals surface area contributed by atoms with E-state index in [1.165, 1.54) is 16.2 Å². The number of hydrogen-bond donors (Lipinski definition) is 1. The van der Waals surface area contributed by atoms with E-state index < -0.39 is 0 Å². The quantitative estimate of drug-likeness (QED) is 0.852. The van der Waals surface area contributed by atoms with Gasteiger partial charge >= 0.3 is 0 Å². The number of anilines is 1. The average Bonchev–Trinajstić information content (AvgIpc) is 2.93. The maximum absolute atomic E-state index is 12.2. The standard InChI is InChI=1S/C17H21N3O4S/c1-10-15(16(22)20(2)3)25-17(18-10)19-14(21)9-11-6-7-12(23-4)13(8-11)24-5/h6-8H,9H2,1-5H3,(H,18,19,21). The molecule has 2 aromatic rings. The lowest BCUT2D eigenvalue weighted by Gasteiger charge is -2.09. The summed E-state index contributed by atoms with van der Waals surface area (Å²) in [4.78, 5) is 30.5. The van der Waals surface area contributed by atoms with Crippen LogP contribution in [0.5, 0.6) is 11.5 Å². The summed E-state index contributed by atoms with van der Waals surface area (Å²) in [5.41, 5.74) is 1.39. The Labute approximate surface area is 150 Å². The van der Waals surface area contributed by atoms with E-state index in [0.29, 0.717) is 27.2 Å². The van der Waals surface area contributed by atoms with Crippen molar-refractivity contribution in [1.29, 1.82) is 0 Å². The molecule has 0 spiro atoms. The van der Waals surface area contributed by atoms with Crippen LogP contribution >= 0.6 is 11.3 Å². The van der Waals surface area contributed by atoms with Gasteiger partial charge in [0, 0.05) is 14.1 Å². The van der Waals surface area contributed by atoms with Gasteiger partial charge in [0.25, 0.3) is 5.91 Å². The summed E-state index contributed by atoms with van der Waals surface area (Å²) in [6.07, 6.45) is 0.163. The molecule has 0 unspecified atom stereocenters. The molecular weight excluding hydrogens is 342 g/mol. The molecule has 2 amide bonds. The van der Waals surface area contributed by atoms with Gasteiger partial charge in [0.2, 0.25) is 5.91 Å². The molecular formula is C17H21N3O4S. The zero-order chi connectivity index (χ0) is 18.6. The number of ether oxygens (including phenoxy) is 2. The molecule has 0 aliphatic carbocycles. The number of methoxy groups -OCH3 is 2. The number of rotatable bonds is 6. The van der Waals surface area contributed by atoms with Crippen molar-refractivity contribution in [1.82, 2.24) is 9.88 Å². The van der Waals surface area contributed by atoms with Gasteiger partial charge in [-0.25, -0.2) is 4.98 Å². The van der Waals surface area contributed by atoms with Gasteiger partial charge in [-0.1, -0.05) is 17.4 Å². The smallest absolute Gasteiger partial charge is 0.265 e. The molecule has 2 rings (SSSR count). The second kappa shape index (κ2) is 7.98. The minimum Gasteiger partial charge on any atom is -0.493 e. The van der Waals surface area contributed by atoms with Crippen LogP contribution in [0, 0.1) is 6.92 Å². The van der Waals surface area contributed by atoms with Crippen LogP contribution in [0.3, 0.4) is 0 Å². The van der Waals surface area contributed by atoms with Crippen LogP contribution in [-0.2, 0) is 11.2 Å². The van der Waals surface area contributed by atoms with E-state index in [4.69, 9.17) is 9.47 Å². The predicted octanol–water partition coefficient (Wildman–Crippen LogP) is 2.35. The molecule has 1 N–H and O–H groups in total. The van der Waals surface area contributed by atoms with Crippen LogP contribution < -0.4 is 14.8 Å². The Bertz CT molecular complexity index is 786. The van der Waals surface area contributed by atoms with Crippen molar-refractivity contribution >= 4 is 28.3 Å². The first-order valence-electron chi connectivity index (χ1n) is 7.55. The SMILES string of the molecule is COc1ccc(CC(=O)Nc2nc(C)c(C(=O)N(C)C)s2)cc1OC. The van der Waals surface area contributed by atoms with Gasteiger partial charge in [0.1, 0.15) is 4.88 Å². The molecule has 0 saturated carbocycles. The Morgan fingerprint density at radius 3 is 2.48 bits per heavy atom. The van der Waals surface area contributed by atoms with Gasteiger partial charge in [0.15, 0.2) is 16.6 Å². The van der Waals surface area contributed by atoms with E-state index in [0.717, 1.165) is 5.56 Å². The summed E-state index contributed by atoms with van der Waals surface area (Å²) in [5.74, 6) is 0.825. The fourth-order valence-electron chi connectivity index (χ4n) is 2.19. The van der Waals surface area contributed by atoms with Gasteiger partial charge < -0.3 is 19.7 Å². The Kier molecular flexibility index (Phi) is 5.97. The molecule has 0 radical (unpaired) electrons. The Morgan fingerprint density at radius 2 is 1.88 bits per heavy atom. The number of carbonyl (C=O) groups is 2. The van der Waals surface area contributed by atoms with Crippen molar-refractivity contribution in [3.63, 3.8) is 0 Å². The summed E-state index contributed by atoms with van der Waals surface area (Å²) in [6, 6.07) is 5.31. The lowest BCUT2D eigenvalue weighted by molar-refractivity contribution is -0.115. The van der Waals surface area contributed by atoms with E-state index in [-0.39, 0.29) is 18.2 Å². The molecule has 0 saturated heterocycles. The third-order valence-corrected chi connectivity index (χ3v) is 4.52. The second-order valence-corrected chi connectivity index (χ2v) is 6.55. The molecule has 25 heavy (non-hydrogen) atoms. The molecule has 0 aliphatic rings. The van der Waals surface area contributed by atoms with E-state index in [2.05, 4.69) is 10.3 Å². The van der Waals surface area contributed by atoms with Crippen LogP contribution in [0.1, 0.15) is 20.9 Å². The first kappa shape index (κ1) is 18.7. The van der Waals surface area contributed by atoms with Crippen LogP contribution in [0.25, 0.3) is 0 Å². The Morgan fingerprint density at radius 1 is 1.20 bits per heavy atom. The minimum atomic E-state index is -0.218. The van der Waals surface area contributed by atoms with Gasteiger partial charge in [0.05, 0.1) is 26.3 Å². The van der Waals surface area contributed by atoms with Crippen molar-refractivity contribution in [3.8, 4) is 11.5 Å². The van der Waals surface area contributed by atoms with Gasteiger partial charge in [-0.15, -0.1) is 0 Å². The van der Waals surface area contributed by atoms with Crippen molar-refractivity contribution < 1.29 is 19.1 Å². The van der Waals surface area contributed by atoms with Crippen LogP contribution in [-0.4, -0.2) is 50.0 Å². The summed E-state index contributed by atoms with van der Waals surface area (Å²) in [5, 5.41) is 3.15. The lowest BCUT2D eigenvalue weighted by Crippen LogP contribution is -2.21. The third kappa shape index (κ3) is 4.48. The highest BCUT2D eigenvalue weighted by molar-refractivity contribution is 7.17. The van der Waals surface area contributed by atoms with Gasteiger partial charge in [-0.05, 0) is 24.6 Å². The van der Waals surface area contributed by atoms with Gasteiger partial charge in [-0.2, -0.15) is 0 Å². The molecule has 0 bridgehead atoms. The summed E-state index contributed by atoms with van der Waals surface area (Å²) >= 11 is 1.17. The van der Waals surface area contributed by atoms with Crippen LogP contribution in [0.15, 0.2) is 18.2 Å². The lowest BCUT2D eigenvalue weighted by atomic mass is 10.1. The van der Waals surface area contributed by atoms with Crippen molar-refractivity contribution in [2.75, 3.05) is 33.6 Å². The molecule has 134 valence electrons. The summed E-state index contributed by atoms with van der Waals surface area (Å²) < 4.78 is 10.4. The maximum atomic E-state index is 12.2. The highest BCUT2D eigenvalue weighted by atomic mass is 32.1. The van der Waals surface area contributed by atoms with Crippen LogP contribution in [0.2, 0.25) is 0 Å². The third-order valence-electron chi connectivity index (χ3n) is 3.46. The van der Waals surface area contributed by atoms with E-state index in [1.54, 1.807) is 53.4 Å². The number of benzene rings is 1. The molecule has 7 nitrogen and oxygen atoms in total. The van der Waals surface area contributed by atoms with E-state index >= 15 is 0 Å². The topological polar surface area (TPSA) is 80.8 Å². The number of aryl methyl sites for hydroxylation is 1.